The van der Waals surface area contributed by atoms with Crippen LogP contribution in [-0.4, -0.2) is 18.5 Å². The van der Waals surface area contributed by atoms with Crippen LogP contribution in [0.3, 0.4) is 0 Å². The van der Waals surface area contributed by atoms with Gasteiger partial charge in [-0.15, -0.1) is 11.3 Å². The molecule has 0 radical (unpaired) electrons. The summed E-state index contributed by atoms with van der Waals surface area (Å²) in [6.07, 6.45) is 1.66. The molecule has 2 heterocycles. The lowest BCUT2D eigenvalue weighted by atomic mass is 10.1. The van der Waals surface area contributed by atoms with E-state index in [1.165, 1.54) is 11.3 Å². The maximum absolute atomic E-state index is 11.8. The number of hydrogen-bond acceptors (Lipinski definition) is 3. The van der Waals surface area contributed by atoms with Gasteiger partial charge < -0.3 is 4.74 Å². The number of Topliss-reactive ketones (excluding diaryl/α,β-unsaturated/α-hetero) is 1. The van der Waals surface area contributed by atoms with Gasteiger partial charge in [0.05, 0.1) is 4.88 Å². The SMILES string of the molecule is O=C(c1sccc1Br)C1CCCO1. The third-order valence-electron chi connectivity index (χ3n) is 2.06. The van der Waals surface area contributed by atoms with Crippen LogP contribution in [0.15, 0.2) is 15.9 Å². The second kappa shape index (κ2) is 3.90. The van der Waals surface area contributed by atoms with Crippen molar-refractivity contribution in [3.8, 4) is 0 Å². The quantitative estimate of drug-likeness (QED) is 0.765. The third kappa shape index (κ3) is 1.85. The van der Waals surface area contributed by atoms with Gasteiger partial charge in [-0.3, -0.25) is 4.79 Å². The van der Waals surface area contributed by atoms with Crippen molar-refractivity contribution in [1.82, 2.24) is 0 Å². The van der Waals surface area contributed by atoms with E-state index in [9.17, 15) is 4.79 Å². The van der Waals surface area contributed by atoms with Gasteiger partial charge >= 0.3 is 0 Å². The Morgan fingerprint density at radius 2 is 2.54 bits per heavy atom. The van der Waals surface area contributed by atoms with Gasteiger partial charge in [-0.2, -0.15) is 0 Å². The van der Waals surface area contributed by atoms with Crippen molar-refractivity contribution in [2.45, 2.75) is 18.9 Å². The van der Waals surface area contributed by atoms with Crippen LogP contribution >= 0.6 is 27.3 Å². The number of hydrogen-bond donors (Lipinski definition) is 0. The monoisotopic (exact) mass is 260 g/mol. The molecule has 1 unspecified atom stereocenters. The number of carbonyl (C=O) groups excluding carboxylic acids is 1. The molecule has 13 heavy (non-hydrogen) atoms. The zero-order chi connectivity index (χ0) is 9.26. The van der Waals surface area contributed by atoms with Gasteiger partial charge in [-0.05, 0) is 40.2 Å². The maximum Gasteiger partial charge on any atom is 0.202 e. The van der Waals surface area contributed by atoms with Crippen LogP contribution in [0.4, 0.5) is 0 Å². The number of rotatable bonds is 2. The first kappa shape index (κ1) is 9.37. The first-order valence-electron chi connectivity index (χ1n) is 4.18. The molecule has 1 aromatic rings. The average molecular weight is 261 g/mol. The van der Waals surface area contributed by atoms with E-state index >= 15 is 0 Å². The Bertz CT molecular complexity index is 315. The first-order valence-corrected chi connectivity index (χ1v) is 5.85. The van der Waals surface area contributed by atoms with E-state index in [2.05, 4.69) is 15.9 Å². The van der Waals surface area contributed by atoms with E-state index in [1.54, 1.807) is 0 Å². The predicted octanol–water partition coefficient (Wildman–Crippen LogP) is 2.87. The Hall–Kier alpha value is -0.190. The summed E-state index contributed by atoms with van der Waals surface area (Å²) in [6, 6.07) is 1.90. The zero-order valence-corrected chi connectivity index (χ0v) is 9.36. The summed E-state index contributed by atoms with van der Waals surface area (Å²) in [4.78, 5) is 12.6. The highest BCUT2D eigenvalue weighted by molar-refractivity contribution is 9.10. The molecule has 70 valence electrons. The largest absolute Gasteiger partial charge is 0.370 e. The summed E-state index contributed by atoms with van der Waals surface area (Å²) in [7, 11) is 0. The van der Waals surface area contributed by atoms with Crippen LogP contribution in [0.5, 0.6) is 0 Å². The Balaban J connectivity index is 2.17. The number of halogens is 1. The maximum atomic E-state index is 11.8. The molecule has 4 heteroatoms. The minimum atomic E-state index is -0.199. The Kier molecular flexibility index (Phi) is 2.81. The van der Waals surface area contributed by atoms with E-state index in [4.69, 9.17) is 4.74 Å². The van der Waals surface area contributed by atoms with Gasteiger partial charge in [0.25, 0.3) is 0 Å². The molecular formula is C9H9BrO2S. The molecule has 0 N–H and O–H groups in total. The molecule has 1 saturated heterocycles. The normalized spacial score (nSPS) is 22.1. The van der Waals surface area contributed by atoms with Crippen LogP contribution in [0, 0.1) is 0 Å². The smallest absolute Gasteiger partial charge is 0.202 e. The Labute approximate surface area is 89.0 Å². The van der Waals surface area contributed by atoms with Crippen LogP contribution in [0.2, 0.25) is 0 Å². The zero-order valence-electron chi connectivity index (χ0n) is 6.96. The summed E-state index contributed by atoms with van der Waals surface area (Å²) in [6.45, 7) is 0.722. The molecule has 0 aliphatic carbocycles. The molecule has 1 aromatic heterocycles. The van der Waals surface area contributed by atoms with E-state index in [0.29, 0.717) is 0 Å². The second-order valence-corrected chi connectivity index (χ2v) is 4.73. The predicted molar refractivity (Wildman–Crippen MR) is 55.3 cm³/mol. The molecule has 2 rings (SSSR count). The molecule has 2 nitrogen and oxygen atoms in total. The number of ether oxygens (including phenoxy) is 1. The summed E-state index contributed by atoms with van der Waals surface area (Å²) >= 11 is 4.82. The molecule has 0 aromatic carbocycles. The molecule has 0 saturated carbocycles. The molecular weight excluding hydrogens is 252 g/mol. The lowest BCUT2D eigenvalue weighted by Crippen LogP contribution is -2.18. The Morgan fingerprint density at radius 1 is 1.69 bits per heavy atom. The molecule has 0 spiro atoms. The average Bonchev–Trinajstić information content (AvgIpc) is 2.72. The van der Waals surface area contributed by atoms with Gasteiger partial charge in [0, 0.05) is 11.1 Å². The van der Waals surface area contributed by atoms with Gasteiger partial charge in [0.1, 0.15) is 6.10 Å². The van der Waals surface area contributed by atoms with E-state index in [0.717, 1.165) is 28.8 Å². The molecule has 1 aliphatic rings. The highest BCUT2D eigenvalue weighted by atomic mass is 79.9. The Morgan fingerprint density at radius 3 is 3.08 bits per heavy atom. The summed E-state index contributed by atoms with van der Waals surface area (Å²) in [5.41, 5.74) is 0. The molecule has 1 fully saturated rings. The van der Waals surface area contributed by atoms with Gasteiger partial charge in [-0.1, -0.05) is 0 Å². The lowest BCUT2D eigenvalue weighted by Gasteiger charge is -2.05. The van der Waals surface area contributed by atoms with Gasteiger partial charge in [-0.25, -0.2) is 0 Å². The second-order valence-electron chi connectivity index (χ2n) is 2.96. The molecule has 1 atom stereocenters. The standard InChI is InChI=1S/C9H9BrO2S/c10-6-3-5-13-9(6)8(11)7-2-1-4-12-7/h3,5,7H,1-2,4H2. The van der Waals surface area contributed by atoms with Crippen molar-refractivity contribution < 1.29 is 9.53 Å². The van der Waals surface area contributed by atoms with Crippen molar-refractivity contribution in [1.29, 1.82) is 0 Å². The van der Waals surface area contributed by atoms with Crippen molar-refractivity contribution in [3.05, 3.63) is 20.8 Å². The van der Waals surface area contributed by atoms with Crippen LogP contribution < -0.4 is 0 Å². The van der Waals surface area contributed by atoms with Crippen molar-refractivity contribution in [2.75, 3.05) is 6.61 Å². The highest BCUT2D eigenvalue weighted by Crippen LogP contribution is 2.27. The fourth-order valence-electron chi connectivity index (χ4n) is 1.40. The molecule has 0 bridgehead atoms. The number of thiophene rings is 1. The van der Waals surface area contributed by atoms with Gasteiger partial charge in [0.2, 0.25) is 5.78 Å². The summed E-state index contributed by atoms with van der Waals surface area (Å²) in [5, 5.41) is 1.91. The minimum Gasteiger partial charge on any atom is -0.370 e. The third-order valence-corrected chi connectivity index (χ3v) is 3.92. The molecule has 0 amide bonds. The van der Waals surface area contributed by atoms with Gasteiger partial charge in [0.15, 0.2) is 0 Å². The van der Waals surface area contributed by atoms with Crippen molar-refractivity contribution >= 4 is 33.0 Å². The minimum absolute atomic E-state index is 0.124. The van der Waals surface area contributed by atoms with E-state index < -0.39 is 0 Å². The highest BCUT2D eigenvalue weighted by Gasteiger charge is 2.26. The van der Waals surface area contributed by atoms with Crippen LogP contribution in [-0.2, 0) is 4.74 Å². The van der Waals surface area contributed by atoms with Crippen molar-refractivity contribution in [3.63, 3.8) is 0 Å². The summed E-state index contributed by atoms with van der Waals surface area (Å²) < 4.78 is 6.22. The number of ketones is 1. The molecule has 1 aliphatic heterocycles. The summed E-state index contributed by atoms with van der Waals surface area (Å²) in [5.74, 6) is 0.124. The lowest BCUT2D eigenvalue weighted by molar-refractivity contribution is 0.0646. The van der Waals surface area contributed by atoms with E-state index in [1.807, 2.05) is 11.4 Å². The first-order chi connectivity index (χ1) is 6.29. The van der Waals surface area contributed by atoms with Crippen molar-refractivity contribution in [2.24, 2.45) is 0 Å². The topological polar surface area (TPSA) is 26.3 Å². The fraction of sp³-hybridized carbons (Fsp3) is 0.444. The van der Waals surface area contributed by atoms with E-state index in [-0.39, 0.29) is 11.9 Å². The van der Waals surface area contributed by atoms with Crippen LogP contribution in [0.25, 0.3) is 0 Å². The fourth-order valence-corrected chi connectivity index (χ4v) is 2.95. The number of carbonyl (C=O) groups is 1. The van der Waals surface area contributed by atoms with Crippen LogP contribution in [0.1, 0.15) is 22.5 Å².